The second-order valence-corrected chi connectivity index (χ2v) is 6.95. The molecule has 24 heavy (non-hydrogen) atoms. The predicted molar refractivity (Wildman–Crippen MR) is 103 cm³/mol. The summed E-state index contributed by atoms with van der Waals surface area (Å²) in [5.41, 5.74) is 4.22. The van der Waals surface area contributed by atoms with E-state index in [1.807, 2.05) is 24.3 Å². The topological polar surface area (TPSA) is 28.7 Å². The molecule has 0 fully saturated rings. The van der Waals surface area contributed by atoms with Crippen LogP contribution in [0, 0.1) is 0 Å². The smallest absolute Gasteiger partial charge is 0.119 e. The van der Waals surface area contributed by atoms with Crippen molar-refractivity contribution in [3.05, 3.63) is 99.2 Å². The highest BCUT2D eigenvalue weighted by Crippen LogP contribution is 2.33. The molecular weight excluding hydrogens is 384 g/mol. The summed E-state index contributed by atoms with van der Waals surface area (Å²) in [6.45, 7) is 0. The maximum Gasteiger partial charge on any atom is 0.119 e. The number of hydrogen-bond acceptors (Lipinski definition) is 1. The zero-order valence-electron chi connectivity index (χ0n) is 12.7. The van der Waals surface area contributed by atoms with Crippen LogP contribution < -0.4 is 0 Å². The van der Waals surface area contributed by atoms with Crippen molar-refractivity contribution in [2.45, 2.75) is 5.92 Å². The van der Waals surface area contributed by atoms with Gasteiger partial charge in [0.15, 0.2) is 0 Å². The van der Waals surface area contributed by atoms with Crippen molar-refractivity contribution in [1.82, 2.24) is 9.97 Å². The molecule has 0 spiro atoms. The van der Waals surface area contributed by atoms with Crippen LogP contribution in [-0.2, 0) is 0 Å². The summed E-state index contributed by atoms with van der Waals surface area (Å²) in [5.74, 6) is 0.954. The number of aromatic amines is 1. The summed E-state index contributed by atoms with van der Waals surface area (Å²) >= 11 is 9.72. The first-order valence-corrected chi connectivity index (χ1v) is 8.84. The molecule has 0 saturated heterocycles. The van der Waals surface area contributed by atoms with Crippen LogP contribution in [-0.4, -0.2) is 9.97 Å². The van der Waals surface area contributed by atoms with E-state index in [-0.39, 0.29) is 5.92 Å². The Morgan fingerprint density at radius 2 is 1.46 bits per heavy atom. The molecule has 0 saturated carbocycles. The van der Waals surface area contributed by atoms with Gasteiger partial charge in [-0.1, -0.05) is 72.3 Å². The van der Waals surface area contributed by atoms with E-state index in [9.17, 15) is 0 Å². The van der Waals surface area contributed by atoms with E-state index in [0.29, 0.717) is 5.02 Å². The first-order chi connectivity index (χ1) is 11.7. The minimum Gasteiger partial charge on any atom is -0.341 e. The Morgan fingerprint density at radius 3 is 2.04 bits per heavy atom. The summed E-state index contributed by atoms with van der Waals surface area (Å²) in [6.07, 6.45) is 0. The molecule has 4 rings (SSSR count). The third-order valence-electron chi connectivity index (χ3n) is 4.06. The fraction of sp³-hybridized carbons (Fsp3) is 0.0500. The van der Waals surface area contributed by atoms with Crippen LogP contribution in [0.5, 0.6) is 0 Å². The molecule has 1 heterocycles. The van der Waals surface area contributed by atoms with Gasteiger partial charge in [-0.3, -0.25) is 0 Å². The van der Waals surface area contributed by atoms with Gasteiger partial charge in [0.05, 0.1) is 11.4 Å². The molecule has 4 aromatic rings. The Labute approximate surface area is 153 Å². The molecule has 0 aliphatic rings. The third-order valence-corrected chi connectivity index (χ3v) is 4.89. The second-order valence-electron chi connectivity index (χ2n) is 5.66. The number of imidazole rings is 1. The van der Waals surface area contributed by atoms with Crippen molar-refractivity contribution < 1.29 is 0 Å². The van der Waals surface area contributed by atoms with Gasteiger partial charge >= 0.3 is 0 Å². The van der Waals surface area contributed by atoms with Crippen molar-refractivity contribution in [2.75, 3.05) is 0 Å². The number of halogens is 2. The van der Waals surface area contributed by atoms with E-state index in [0.717, 1.165) is 21.3 Å². The lowest BCUT2D eigenvalue weighted by molar-refractivity contribution is 0.890. The van der Waals surface area contributed by atoms with Gasteiger partial charge in [-0.05, 0) is 39.2 Å². The maximum atomic E-state index is 6.17. The normalized spacial score (nSPS) is 11.3. The highest BCUT2D eigenvalue weighted by Gasteiger charge is 2.20. The van der Waals surface area contributed by atoms with Crippen LogP contribution in [0.2, 0.25) is 5.02 Å². The van der Waals surface area contributed by atoms with Crippen LogP contribution in [0.25, 0.3) is 11.0 Å². The quantitative estimate of drug-likeness (QED) is 0.440. The zero-order chi connectivity index (χ0) is 16.5. The van der Waals surface area contributed by atoms with Crippen LogP contribution >= 0.6 is 27.5 Å². The molecule has 0 radical (unpaired) electrons. The zero-order valence-corrected chi connectivity index (χ0v) is 15.1. The molecule has 1 aromatic heterocycles. The molecule has 0 atom stereocenters. The number of aromatic nitrogens is 2. The predicted octanol–water partition coefficient (Wildman–Crippen LogP) is 6.16. The Hall–Kier alpha value is -2.10. The number of benzene rings is 3. The van der Waals surface area contributed by atoms with E-state index in [1.165, 1.54) is 11.1 Å². The SMILES string of the molecule is Clc1cc(Br)c2nc(C(c3ccccc3)c3ccccc3)[nH]c2c1. The number of fused-ring (bicyclic) bond motifs is 1. The fourth-order valence-corrected chi connectivity index (χ4v) is 3.90. The number of nitrogens with zero attached hydrogens (tertiary/aromatic N) is 1. The lowest BCUT2D eigenvalue weighted by Gasteiger charge is -2.15. The molecule has 0 aliphatic heterocycles. The molecule has 0 amide bonds. The van der Waals surface area contributed by atoms with Gasteiger partial charge in [-0.15, -0.1) is 0 Å². The number of nitrogens with one attached hydrogen (secondary N) is 1. The molecular formula is C20H14BrClN2. The lowest BCUT2D eigenvalue weighted by atomic mass is 9.91. The minimum atomic E-state index is 0.0467. The Morgan fingerprint density at radius 1 is 0.875 bits per heavy atom. The van der Waals surface area contributed by atoms with Gasteiger partial charge in [0.2, 0.25) is 0 Å². The average Bonchev–Trinajstić information content (AvgIpc) is 3.01. The molecule has 0 aliphatic carbocycles. The number of rotatable bonds is 3. The van der Waals surface area contributed by atoms with E-state index in [4.69, 9.17) is 16.6 Å². The lowest BCUT2D eigenvalue weighted by Crippen LogP contribution is -2.05. The van der Waals surface area contributed by atoms with Crippen molar-refractivity contribution >= 4 is 38.6 Å². The van der Waals surface area contributed by atoms with Crippen molar-refractivity contribution in [3.8, 4) is 0 Å². The summed E-state index contributed by atoms with van der Waals surface area (Å²) in [7, 11) is 0. The van der Waals surface area contributed by atoms with Gasteiger partial charge in [-0.2, -0.15) is 0 Å². The largest absolute Gasteiger partial charge is 0.341 e. The molecule has 2 nitrogen and oxygen atoms in total. The number of H-pyrrole nitrogens is 1. The Kier molecular flexibility index (Phi) is 4.13. The molecule has 0 bridgehead atoms. The van der Waals surface area contributed by atoms with Crippen molar-refractivity contribution in [1.29, 1.82) is 0 Å². The first kappa shape index (κ1) is 15.4. The van der Waals surface area contributed by atoms with Crippen LogP contribution in [0.3, 0.4) is 0 Å². The molecule has 4 heteroatoms. The third kappa shape index (κ3) is 2.85. The number of hydrogen-bond donors (Lipinski definition) is 1. The van der Waals surface area contributed by atoms with Crippen LogP contribution in [0.1, 0.15) is 22.9 Å². The monoisotopic (exact) mass is 396 g/mol. The van der Waals surface area contributed by atoms with E-state index in [1.54, 1.807) is 0 Å². The Bertz CT molecular complexity index is 941. The van der Waals surface area contributed by atoms with E-state index < -0.39 is 0 Å². The summed E-state index contributed by atoms with van der Waals surface area (Å²) < 4.78 is 0.896. The Balaban J connectivity index is 1.93. The summed E-state index contributed by atoms with van der Waals surface area (Å²) in [4.78, 5) is 8.29. The van der Waals surface area contributed by atoms with Gasteiger partial charge in [0, 0.05) is 9.50 Å². The molecule has 118 valence electrons. The van der Waals surface area contributed by atoms with Gasteiger partial charge in [-0.25, -0.2) is 4.98 Å². The fourth-order valence-electron chi connectivity index (χ4n) is 3.00. The van der Waals surface area contributed by atoms with Crippen molar-refractivity contribution in [3.63, 3.8) is 0 Å². The van der Waals surface area contributed by atoms with Crippen molar-refractivity contribution in [2.24, 2.45) is 0 Å². The summed E-state index contributed by atoms with van der Waals surface area (Å²) in [6, 6.07) is 24.6. The van der Waals surface area contributed by atoms with Crippen LogP contribution in [0.4, 0.5) is 0 Å². The first-order valence-electron chi connectivity index (χ1n) is 7.67. The second kappa shape index (κ2) is 6.42. The maximum absolute atomic E-state index is 6.17. The highest BCUT2D eigenvalue weighted by atomic mass is 79.9. The van der Waals surface area contributed by atoms with Gasteiger partial charge in [0.25, 0.3) is 0 Å². The van der Waals surface area contributed by atoms with E-state index >= 15 is 0 Å². The summed E-state index contributed by atoms with van der Waals surface area (Å²) in [5, 5.41) is 0.681. The standard InChI is InChI=1S/C20H14BrClN2/c21-16-11-15(22)12-17-19(16)24-20(23-17)18(13-7-3-1-4-8-13)14-9-5-2-6-10-14/h1-12,18H,(H,23,24). The molecule has 0 unspecified atom stereocenters. The highest BCUT2D eigenvalue weighted by molar-refractivity contribution is 9.10. The van der Waals surface area contributed by atoms with Gasteiger partial charge < -0.3 is 4.98 Å². The minimum absolute atomic E-state index is 0.0467. The van der Waals surface area contributed by atoms with Crippen LogP contribution in [0.15, 0.2) is 77.3 Å². The van der Waals surface area contributed by atoms with E-state index in [2.05, 4.69) is 69.4 Å². The average molecular weight is 398 g/mol. The molecule has 3 aromatic carbocycles. The van der Waals surface area contributed by atoms with Gasteiger partial charge in [0.1, 0.15) is 11.3 Å². The molecule has 1 N–H and O–H groups in total.